The minimum absolute atomic E-state index is 0.318. The average Bonchev–Trinajstić information content (AvgIpc) is 2.45. The number of anilines is 1. The molecule has 102 valence electrons. The summed E-state index contributed by atoms with van der Waals surface area (Å²) in [5.74, 6) is -0.109. The number of hydrogen-bond acceptors (Lipinski definition) is 4. The van der Waals surface area contributed by atoms with Crippen LogP contribution in [0, 0.1) is 0 Å². The van der Waals surface area contributed by atoms with Gasteiger partial charge in [-0.05, 0) is 31.1 Å². The van der Waals surface area contributed by atoms with Crippen LogP contribution in [0.1, 0.15) is 18.4 Å². The highest BCUT2D eigenvalue weighted by molar-refractivity contribution is 5.86. The number of aromatic nitrogens is 1. The van der Waals surface area contributed by atoms with Gasteiger partial charge in [0.2, 0.25) is 0 Å². The summed E-state index contributed by atoms with van der Waals surface area (Å²) in [7, 11) is 1.74. The van der Waals surface area contributed by atoms with E-state index in [0.29, 0.717) is 6.10 Å². The molecule has 1 aromatic rings. The number of aliphatic carboxylic acids is 1. The van der Waals surface area contributed by atoms with Crippen LogP contribution in [0.4, 0.5) is 5.82 Å². The van der Waals surface area contributed by atoms with Crippen molar-refractivity contribution in [2.45, 2.75) is 18.9 Å². The number of methoxy groups -OCH3 is 1. The third-order valence-electron chi connectivity index (χ3n) is 3.30. The van der Waals surface area contributed by atoms with Crippen LogP contribution in [0.2, 0.25) is 0 Å². The second-order valence-corrected chi connectivity index (χ2v) is 4.51. The first-order valence-electron chi connectivity index (χ1n) is 6.34. The van der Waals surface area contributed by atoms with E-state index < -0.39 is 5.97 Å². The topological polar surface area (TPSA) is 62.7 Å². The Morgan fingerprint density at radius 1 is 1.53 bits per heavy atom. The molecule has 1 saturated heterocycles. The molecule has 2 rings (SSSR count). The molecule has 0 unspecified atom stereocenters. The van der Waals surface area contributed by atoms with Crippen molar-refractivity contribution in [2.24, 2.45) is 0 Å². The number of rotatable bonds is 4. The van der Waals surface area contributed by atoms with Gasteiger partial charge in [0.25, 0.3) is 0 Å². The summed E-state index contributed by atoms with van der Waals surface area (Å²) in [6.07, 6.45) is 6.72. The number of nitrogens with zero attached hydrogens (tertiary/aromatic N) is 2. The molecule has 1 N–H and O–H groups in total. The number of pyridine rings is 1. The third-order valence-corrected chi connectivity index (χ3v) is 3.30. The van der Waals surface area contributed by atoms with E-state index in [4.69, 9.17) is 9.84 Å². The maximum atomic E-state index is 10.6. The van der Waals surface area contributed by atoms with Gasteiger partial charge in [-0.3, -0.25) is 0 Å². The molecule has 1 aromatic heterocycles. The highest BCUT2D eigenvalue weighted by atomic mass is 16.5. The molecule has 5 nitrogen and oxygen atoms in total. The summed E-state index contributed by atoms with van der Waals surface area (Å²) in [5.41, 5.74) is 0.834. The zero-order valence-electron chi connectivity index (χ0n) is 11.0. The Hall–Kier alpha value is -1.88. The van der Waals surface area contributed by atoms with Crippen LogP contribution in [0.3, 0.4) is 0 Å². The lowest BCUT2D eigenvalue weighted by Crippen LogP contribution is -2.37. The van der Waals surface area contributed by atoms with Crippen molar-refractivity contribution >= 4 is 17.9 Å². The smallest absolute Gasteiger partial charge is 0.328 e. The second-order valence-electron chi connectivity index (χ2n) is 4.51. The Kier molecular flexibility index (Phi) is 4.52. The molecule has 5 heteroatoms. The third kappa shape index (κ3) is 3.54. The lowest BCUT2D eigenvalue weighted by atomic mass is 10.1. The molecule has 0 saturated carbocycles. The molecular formula is C14H18N2O3. The molecule has 0 aliphatic carbocycles. The monoisotopic (exact) mass is 262 g/mol. The fourth-order valence-electron chi connectivity index (χ4n) is 2.27. The van der Waals surface area contributed by atoms with Crippen molar-refractivity contribution in [3.8, 4) is 0 Å². The van der Waals surface area contributed by atoms with Gasteiger partial charge in [-0.15, -0.1) is 0 Å². The predicted molar refractivity (Wildman–Crippen MR) is 73.2 cm³/mol. The maximum absolute atomic E-state index is 10.6. The molecule has 0 radical (unpaired) electrons. The Morgan fingerprint density at radius 3 is 2.89 bits per heavy atom. The van der Waals surface area contributed by atoms with Crippen molar-refractivity contribution in [1.82, 2.24) is 4.98 Å². The van der Waals surface area contributed by atoms with Gasteiger partial charge in [0, 0.05) is 38.0 Å². The van der Waals surface area contributed by atoms with Gasteiger partial charge in [0.1, 0.15) is 5.82 Å². The first-order chi connectivity index (χ1) is 9.20. The number of carbonyl (C=O) groups is 1. The van der Waals surface area contributed by atoms with E-state index in [9.17, 15) is 4.79 Å². The summed E-state index contributed by atoms with van der Waals surface area (Å²) >= 11 is 0. The van der Waals surface area contributed by atoms with E-state index >= 15 is 0 Å². The molecule has 0 amide bonds. The van der Waals surface area contributed by atoms with Crippen LogP contribution in [0.15, 0.2) is 24.4 Å². The Labute approximate surface area is 112 Å². The molecule has 0 atom stereocenters. The zero-order chi connectivity index (χ0) is 13.7. The summed E-state index contributed by atoms with van der Waals surface area (Å²) in [6.45, 7) is 1.76. The Bertz CT molecular complexity index is 466. The lowest BCUT2D eigenvalue weighted by molar-refractivity contribution is -0.131. The normalized spacial score (nSPS) is 17.0. The van der Waals surface area contributed by atoms with E-state index in [-0.39, 0.29) is 0 Å². The average molecular weight is 262 g/mol. The Morgan fingerprint density at radius 2 is 2.26 bits per heavy atom. The molecule has 0 bridgehead atoms. The van der Waals surface area contributed by atoms with E-state index in [1.807, 2.05) is 12.1 Å². The van der Waals surface area contributed by atoms with Crippen molar-refractivity contribution in [3.05, 3.63) is 30.0 Å². The van der Waals surface area contributed by atoms with Crippen LogP contribution < -0.4 is 4.90 Å². The molecular weight excluding hydrogens is 244 g/mol. The van der Waals surface area contributed by atoms with E-state index in [2.05, 4.69) is 9.88 Å². The lowest BCUT2D eigenvalue weighted by Gasteiger charge is -2.32. The number of hydrogen-bond donors (Lipinski definition) is 1. The quantitative estimate of drug-likeness (QED) is 0.838. The molecule has 2 heterocycles. The van der Waals surface area contributed by atoms with Crippen molar-refractivity contribution in [3.63, 3.8) is 0 Å². The van der Waals surface area contributed by atoms with Gasteiger partial charge in [-0.25, -0.2) is 9.78 Å². The van der Waals surface area contributed by atoms with E-state index in [1.165, 1.54) is 0 Å². The van der Waals surface area contributed by atoms with Crippen LogP contribution in [0.5, 0.6) is 0 Å². The SMILES string of the molecule is COC1CCN(c2ncccc2/C=C/C(=O)O)CC1. The molecule has 1 aliphatic heterocycles. The van der Waals surface area contributed by atoms with Gasteiger partial charge >= 0.3 is 5.97 Å². The summed E-state index contributed by atoms with van der Waals surface area (Å²) in [4.78, 5) is 17.2. The molecule has 0 aromatic carbocycles. The van der Waals surface area contributed by atoms with E-state index in [0.717, 1.165) is 43.4 Å². The van der Waals surface area contributed by atoms with Crippen molar-refractivity contribution in [2.75, 3.05) is 25.1 Å². The van der Waals surface area contributed by atoms with Gasteiger partial charge in [0.15, 0.2) is 0 Å². The van der Waals surface area contributed by atoms with Crippen LogP contribution in [0.25, 0.3) is 6.08 Å². The minimum atomic E-state index is -0.951. The highest BCUT2D eigenvalue weighted by Crippen LogP contribution is 2.23. The number of piperidine rings is 1. The van der Waals surface area contributed by atoms with Crippen LogP contribution >= 0.6 is 0 Å². The summed E-state index contributed by atoms with van der Waals surface area (Å²) < 4.78 is 5.35. The molecule has 1 fully saturated rings. The van der Waals surface area contributed by atoms with E-state index in [1.54, 1.807) is 19.4 Å². The fourth-order valence-corrected chi connectivity index (χ4v) is 2.27. The number of carboxylic acids is 1. The van der Waals surface area contributed by atoms with Gasteiger partial charge in [-0.1, -0.05) is 0 Å². The first-order valence-corrected chi connectivity index (χ1v) is 6.34. The molecule has 0 spiro atoms. The first kappa shape index (κ1) is 13.5. The van der Waals surface area contributed by atoms with Gasteiger partial charge < -0.3 is 14.7 Å². The van der Waals surface area contributed by atoms with Crippen molar-refractivity contribution < 1.29 is 14.6 Å². The summed E-state index contributed by atoms with van der Waals surface area (Å²) in [6, 6.07) is 3.69. The standard InChI is InChI=1S/C14H18N2O3/c1-19-12-6-9-16(10-7-12)14-11(3-2-8-15-14)4-5-13(17)18/h2-5,8,12H,6-7,9-10H2,1H3,(H,17,18)/b5-4+. The second kappa shape index (κ2) is 6.33. The minimum Gasteiger partial charge on any atom is -0.478 e. The number of carboxylic acid groups (broad SMARTS) is 1. The Balaban J connectivity index is 2.14. The fraction of sp³-hybridized carbons (Fsp3) is 0.429. The van der Waals surface area contributed by atoms with Crippen molar-refractivity contribution in [1.29, 1.82) is 0 Å². The maximum Gasteiger partial charge on any atom is 0.328 e. The highest BCUT2D eigenvalue weighted by Gasteiger charge is 2.20. The predicted octanol–water partition coefficient (Wildman–Crippen LogP) is 1.79. The van der Waals surface area contributed by atoms with Gasteiger partial charge in [-0.2, -0.15) is 0 Å². The number of ether oxygens (including phenoxy) is 1. The largest absolute Gasteiger partial charge is 0.478 e. The van der Waals surface area contributed by atoms with Crippen LogP contribution in [-0.2, 0) is 9.53 Å². The molecule has 1 aliphatic rings. The summed E-state index contributed by atoms with van der Waals surface area (Å²) in [5, 5.41) is 8.71. The molecule has 19 heavy (non-hydrogen) atoms. The zero-order valence-corrected chi connectivity index (χ0v) is 11.0. The van der Waals surface area contributed by atoms with Gasteiger partial charge in [0.05, 0.1) is 6.10 Å². The van der Waals surface area contributed by atoms with Crippen LogP contribution in [-0.4, -0.2) is 42.4 Å².